The van der Waals surface area contributed by atoms with Crippen LogP contribution in [0.1, 0.15) is 44.7 Å². The van der Waals surface area contributed by atoms with Crippen molar-refractivity contribution in [3.8, 4) is 0 Å². The van der Waals surface area contributed by atoms with Gasteiger partial charge in [0.15, 0.2) is 0 Å². The lowest BCUT2D eigenvalue weighted by Gasteiger charge is -2.22. The average Bonchev–Trinajstić information content (AvgIpc) is 3.04. The highest BCUT2D eigenvalue weighted by molar-refractivity contribution is 5.95. The molecule has 28 heavy (non-hydrogen) atoms. The third-order valence-electron chi connectivity index (χ3n) is 5.57. The molecule has 4 nitrogen and oxygen atoms in total. The first-order valence-electron chi connectivity index (χ1n) is 9.68. The van der Waals surface area contributed by atoms with Crippen LogP contribution < -0.4 is 0 Å². The van der Waals surface area contributed by atoms with Gasteiger partial charge < -0.3 is 9.80 Å². The molecular weight excluding hydrogens is 362 g/mol. The summed E-state index contributed by atoms with van der Waals surface area (Å²) in [5.74, 6) is -1.03. The molecule has 146 valence electrons. The molecular formula is C22H22F2N2O2. The zero-order chi connectivity index (χ0) is 19.7. The summed E-state index contributed by atoms with van der Waals surface area (Å²) in [5, 5.41) is 0. The monoisotopic (exact) mass is 384 g/mol. The summed E-state index contributed by atoms with van der Waals surface area (Å²) in [5.41, 5.74) is 2.49. The third kappa shape index (κ3) is 3.63. The van der Waals surface area contributed by atoms with Crippen LogP contribution in [0, 0.1) is 11.6 Å². The molecule has 0 saturated carbocycles. The number of benzene rings is 2. The maximum absolute atomic E-state index is 14.3. The van der Waals surface area contributed by atoms with Crippen molar-refractivity contribution in [1.82, 2.24) is 9.80 Å². The number of fused-ring (bicyclic) bond motifs is 1. The van der Waals surface area contributed by atoms with E-state index in [1.54, 1.807) is 9.80 Å². The Morgan fingerprint density at radius 1 is 0.750 bits per heavy atom. The number of aryl methyl sites for hydroxylation is 1. The lowest BCUT2D eigenvalue weighted by atomic mass is 10.0. The van der Waals surface area contributed by atoms with E-state index in [-0.39, 0.29) is 23.4 Å². The first-order valence-corrected chi connectivity index (χ1v) is 9.68. The van der Waals surface area contributed by atoms with E-state index in [1.807, 2.05) is 6.07 Å². The van der Waals surface area contributed by atoms with Gasteiger partial charge >= 0.3 is 0 Å². The Hall–Kier alpha value is -2.76. The van der Waals surface area contributed by atoms with Gasteiger partial charge in [0.2, 0.25) is 0 Å². The molecule has 0 unspecified atom stereocenters. The number of rotatable bonds is 2. The van der Waals surface area contributed by atoms with Gasteiger partial charge in [-0.25, -0.2) is 8.78 Å². The molecule has 0 atom stereocenters. The van der Waals surface area contributed by atoms with Crippen molar-refractivity contribution in [2.24, 2.45) is 0 Å². The van der Waals surface area contributed by atoms with Gasteiger partial charge in [-0.2, -0.15) is 0 Å². The first-order chi connectivity index (χ1) is 13.5. The quantitative estimate of drug-likeness (QED) is 0.796. The molecule has 2 aromatic rings. The van der Waals surface area contributed by atoms with Crippen molar-refractivity contribution >= 4 is 11.8 Å². The molecule has 1 saturated heterocycles. The van der Waals surface area contributed by atoms with Gasteiger partial charge in [-0.15, -0.1) is 0 Å². The zero-order valence-corrected chi connectivity index (χ0v) is 15.6. The number of hydrogen-bond donors (Lipinski definition) is 0. The van der Waals surface area contributed by atoms with Crippen molar-refractivity contribution in [1.29, 1.82) is 0 Å². The number of nitrogens with zero attached hydrogens (tertiary/aromatic N) is 2. The van der Waals surface area contributed by atoms with Crippen LogP contribution in [0.5, 0.6) is 0 Å². The molecule has 0 spiro atoms. The summed E-state index contributed by atoms with van der Waals surface area (Å²) in [6.45, 7) is 1.84. The molecule has 6 heteroatoms. The van der Waals surface area contributed by atoms with Crippen molar-refractivity contribution in [2.45, 2.75) is 25.7 Å². The molecule has 0 N–H and O–H groups in total. The first kappa shape index (κ1) is 18.6. The molecule has 0 aromatic heterocycles. The fourth-order valence-corrected chi connectivity index (χ4v) is 4.06. The van der Waals surface area contributed by atoms with Crippen molar-refractivity contribution in [2.75, 3.05) is 26.2 Å². The van der Waals surface area contributed by atoms with Gasteiger partial charge in [0.1, 0.15) is 11.6 Å². The minimum Gasteiger partial charge on any atom is -0.337 e. The van der Waals surface area contributed by atoms with Crippen LogP contribution in [0.3, 0.4) is 0 Å². The van der Waals surface area contributed by atoms with E-state index in [4.69, 9.17) is 0 Å². The molecule has 2 amide bonds. The van der Waals surface area contributed by atoms with Gasteiger partial charge in [0.25, 0.3) is 11.8 Å². The summed E-state index contributed by atoms with van der Waals surface area (Å²) >= 11 is 0. The lowest BCUT2D eigenvalue weighted by Crippen LogP contribution is -2.37. The molecule has 1 fully saturated rings. The minimum absolute atomic E-state index is 0.169. The second-order valence-electron chi connectivity index (χ2n) is 7.39. The second-order valence-corrected chi connectivity index (χ2v) is 7.39. The second kappa shape index (κ2) is 7.70. The Morgan fingerprint density at radius 3 is 2.07 bits per heavy atom. The van der Waals surface area contributed by atoms with E-state index in [9.17, 15) is 18.4 Å². The van der Waals surface area contributed by atoms with E-state index in [0.29, 0.717) is 43.7 Å². The number of amides is 2. The van der Waals surface area contributed by atoms with Crippen LogP contribution in [-0.2, 0) is 12.8 Å². The van der Waals surface area contributed by atoms with Gasteiger partial charge in [-0.3, -0.25) is 9.59 Å². The van der Waals surface area contributed by atoms with Crippen molar-refractivity contribution in [3.63, 3.8) is 0 Å². The molecule has 2 aliphatic rings. The lowest BCUT2D eigenvalue weighted by molar-refractivity contribution is 0.0718. The van der Waals surface area contributed by atoms with Crippen LogP contribution >= 0.6 is 0 Å². The average molecular weight is 384 g/mol. The zero-order valence-electron chi connectivity index (χ0n) is 15.6. The molecule has 4 rings (SSSR count). The van der Waals surface area contributed by atoms with E-state index in [2.05, 4.69) is 0 Å². The molecule has 0 bridgehead atoms. The molecule has 2 aromatic carbocycles. The van der Waals surface area contributed by atoms with E-state index < -0.39 is 0 Å². The van der Waals surface area contributed by atoms with E-state index in [0.717, 1.165) is 30.4 Å². The predicted molar refractivity (Wildman–Crippen MR) is 101 cm³/mol. The summed E-state index contributed by atoms with van der Waals surface area (Å²) in [7, 11) is 0. The Labute approximate surface area is 162 Å². The highest BCUT2D eigenvalue weighted by atomic mass is 19.1. The fraction of sp³-hybridized carbons (Fsp3) is 0.364. The van der Waals surface area contributed by atoms with E-state index in [1.165, 1.54) is 30.3 Å². The largest absolute Gasteiger partial charge is 0.337 e. The van der Waals surface area contributed by atoms with Gasteiger partial charge in [0, 0.05) is 37.3 Å². The molecule has 0 radical (unpaired) electrons. The number of hydrogen-bond acceptors (Lipinski definition) is 2. The minimum atomic E-state index is -0.384. The van der Waals surface area contributed by atoms with Crippen molar-refractivity contribution < 1.29 is 18.4 Å². The van der Waals surface area contributed by atoms with Gasteiger partial charge in [-0.05, 0) is 73.2 Å². The molecule has 1 aliphatic carbocycles. The number of carbonyl (C=O) groups excluding carboxylic acids is 2. The number of halogens is 2. The van der Waals surface area contributed by atoms with Crippen LogP contribution in [0.4, 0.5) is 8.78 Å². The predicted octanol–water partition coefficient (Wildman–Crippen LogP) is 3.44. The fourth-order valence-electron chi connectivity index (χ4n) is 4.06. The topological polar surface area (TPSA) is 40.6 Å². The number of carbonyl (C=O) groups is 2. The molecule has 1 aliphatic heterocycles. The Bertz CT molecular complexity index is 911. The van der Waals surface area contributed by atoms with Crippen LogP contribution in [0.15, 0.2) is 36.4 Å². The van der Waals surface area contributed by atoms with Crippen LogP contribution in [0.2, 0.25) is 0 Å². The Kier molecular flexibility index (Phi) is 5.11. The third-order valence-corrected chi connectivity index (χ3v) is 5.57. The highest BCUT2D eigenvalue weighted by Crippen LogP contribution is 2.26. The highest BCUT2D eigenvalue weighted by Gasteiger charge is 2.25. The van der Waals surface area contributed by atoms with Crippen LogP contribution in [0.25, 0.3) is 0 Å². The maximum Gasteiger partial charge on any atom is 0.254 e. The van der Waals surface area contributed by atoms with Gasteiger partial charge in [0.05, 0.1) is 0 Å². The summed E-state index contributed by atoms with van der Waals surface area (Å²) < 4.78 is 27.4. The van der Waals surface area contributed by atoms with E-state index >= 15 is 0 Å². The Morgan fingerprint density at radius 2 is 1.39 bits per heavy atom. The summed E-state index contributed by atoms with van der Waals surface area (Å²) in [4.78, 5) is 28.9. The normalized spacial score (nSPS) is 16.6. The summed E-state index contributed by atoms with van der Waals surface area (Å²) in [6.07, 6.45) is 3.12. The SMILES string of the molecule is O=C(c1ccc(F)cc1)N1CCCN(C(=O)c2cc(F)c3c(c2)CCC3)CC1. The van der Waals surface area contributed by atoms with Crippen LogP contribution in [-0.4, -0.2) is 47.8 Å². The van der Waals surface area contributed by atoms with Gasteiger partial charge in [-0.1, -0.05) is 0 Å². The Balaban J connectivity index is 1.45. The summed E-state index contributed by atoms with van der Waals surface area (Å²) in [6, 6.07) is 8.64. The maximum atomic E-state index is 14.3. The van der Waals surface area contributed by atoms with Crippen molar-refractivity contribution in [3.05, 3.63) is 70.3 Å². The molecule has 1 heterocycles. The standard InChI is InChI=1S/C22H22F2N2O2/c23-18-7-5-15(6-8-18)21(27)25-9-2-10-26(12-11-25)22(28)17-13-16-3-1-4-19(16)20(24)14-17/h5-8,13-14H,1-4,9-12H2. The smallest absolute Gasteiger partial charge is 0.254 e.